The van der Waals surface area contributed by atoms with Gasteiger partial charge in [-0.05, 0) is 36.2 Å². The SMILES string of the molecule is CCN1c2cc(OC)ccc2C(C#N)C1c1cccc(NC(=O)C(C)C)c1. The molecule has 5 nitrogen and oxygen atoms in total. The first-order valence-electron chi connectivity index (χ1n) is 9.25. The van der Waals surface area contributed by atoms with Gasteiger partial charge >= 0.3 is 0 Å². The maximum absolute atomic E-state index is 12.0. The summed E-state index contributed by atoms with van der Waals surface area (Å²) in [7, 11) is 1.65. The lowest BCUT2D eigenvalue weighted by Gasteiger charge is -2.28. The highest BCUT2D eigenvalue weighted by atomic mass is 16.5. The molecule has 1 aliphatic heterocycles. The van der Waals surface area contributed by atoms with E-state index >= 15 is 0 Å². The number of anilines is 2. The molecular weight excluding hydrogens is 338 g/mol. The monoisotopic (exact) mass is 363 g/mol. The number of fused-ring (bicyclic) bond motifs is 1. The number of nitriles is 1. The normalized spacial score (nSPS) is 18.1. The Bertz CT molecular complexity index is 885. The van der Waals surface area contributed by atoms with E-state index in [4.69, 9.17) is 4.74 Å². The van der Waals surface area contributed by atoms with Crippen LogP contribution < -0.4 is 15.0 Å². The molecule has 0 saturated carbocycles. The number of carbonyl (C=O) groups excluding carboxylic acids is 1. The zero-order chi connectivity index (χ0) is 19.6. The minimum absolute atomic E-state index is 0.0178. The van der Waals surface area contributed by atoms with Gasteiger partial charge in [0, 0.05) is 29.9 Å². The first-order chi connectivity index (χ1) is 13.0. The molecule has 5 heteroatoms. The van der Waals surface area contributed by atoms with E-state index in [1.165, 1.54) is 0 Å². The fraction of sp³-hybridized carbons (Fsp3) is 0.364. The second kappa shape index (κ2) is 7.71. The molecule has 0 aliphatic carbocycles. The number of carbonyl (C=O) groups is 1. The van der Waals surface area contributed by atoms with E-state index in [0.717, 1.165) is 34.8 Å². The smallest absolute Gasteiger partial charge is 0.226 e. The second-order valence-corrected chi connectivity index (χ2v) is 7.03. The van der Waals surface area contributed by atoms with Crippen molar-refractivity contribution in [3.63, 3.8) is 0 Å². The van der Waals surface area contributed by atoms with Gasteiger partial charge in [-0.15, -0.1) is 0 Å². The van der Waals surface area contributed by atoms with E-state index < -0.39 is 0 Å². The highest BCUT2D eigenvalue weighted by Crippen LogP contribution is 2.49. The molecule has 1 heterocycles. The summed E-state index contributed by atoms with van der Waals surface area (Å²) in [4.78, 5) is 14.3. The molecule has 0 bridgehead atoms. The van der Waals surface area contributed by atoms with E-state index in [0.29, 0.717) is 0 Å². The van der Waals surface area contributed by atoms with Gasteiger partial charge in [-0.25, -0.2) is 0 Å². The molecule has 0 fully saturated rings. The van der Waals surface area contributed by atoms with Crippen LogP contribution in [-0.2, 0) is 4.79 Å². The molecule has 0 radical (unpaired) electrons. The van der Waals surface area contributed by atoms with Gasteiger partial charge in [0.15, 0.2) is 0 Å². The summed E-state index contributed by atoms with van der Waals surface area (Å²) in [5, 5.41) is 12.8. The molecular formula is C22H25N3O2. The Balaban J connectivity index is 2.00. The summed E-state index contributed by atoms with van der Waals surface area (Å²) in [5.74, 6) is 0.399. The van der Waals surface area contributed by atoms with Crippen LogP contribution in [0, 0.1) is 17.2 Å². The van der Waals surface area contributed by atoms with Crippen LogP contribution in [0.5, 0.6) is 5.75 Å². The number of nitrogens with zero attached hydrogens (tertiary/aromatic N) is 2. The zero-order valence-corrected chi connectivity index (χ0v) is 16.2. The van der Waals surface area contributed by atoms with E-state index in [1.807, 2.05) is 56.3 Å². The molecule has 0 saturated heterocycles. The first-order valence-corrected chi connectivity index (χ1v) is 9.25. The number of methoxy groups -OCH3 is 1. The Kier molecular flexibility index (Phi) is 5.36. The van der Waals surface area contributed by atoms with Crippen LogP contribution in [0.2, 0.25) is 0 Å². The van der Waals surface area contributed by atoms with Gasteiger partial charge < -0.3 is 15.0 Å². The molecule has 0 spiro atoms. The molecule has 2 unspecified atom stereocenters. The van der Waals surface area contributed by atoms with E-state index in [9.17, 15) is 10.1 Å². The summed E-state index contributed by atoms with van der Waals surface area (Å²) in [6.45, 7) is 6.58. The molecule has 140 valence electrons. The van der Waals surface area contributed by atoms with E-state index in [2.05, 4.69) is 23.2 Å². The molecule has 1 aliphatic rings. The Labute approximate surface area is 160 Å². The predicted molar refractivity (Wildman–Crippen MR) is 107 cm³/mol. The van der Waals surface area contributed by atoms with Crippen molar-refractivity contribution in [2.45, 2.75) is 32.7 Å². The lowest BCUT2D eigenvalue weighted by molar-refractivity contribution is -0.118. The molecule has 3 rings (SSSR count). The van der Waals surface area contributed by atoms with Crippen LogP contribution in [0.4, 0.5) is 11.4 Å². The van der Waals surface area contributed by atoms with Crippen molar-refractivity contribution < 1.29 is 9.53 Å². The van der Waals surface area contributed by atoms with Crippen LogP contribution >= 0.6 is 0 Å². The van der Waals surface area contributed by atoms with Gasteiger partial charge in [-0.3, -0.25) is 4.79 Å². The highest BCUT2D eigenvalue weighted by Gasteiger charge is 2.39. The number of hydrogen-bond donors (Lipinski definition) is 1. The topological polar surface area (TPSA) is 65.4 Å². The van der Waals surface area contributed by atoms with Crippen molar-refractivity contribution in [2.75, 3.05) is 23.9 Å². The first kappa shape index (κ1) is 18.8. The summed E-state index contributed by atoms with van der Waals surface area (Å²) >= 11 is 0. The third kappa shape index (κ3) is 3.48. The zero-order valence-electron chi connectivity index (χ0n) is 16.2. The van der Waals surface area contributed by atoms with Crippen molar-refractivity contribution in [1.82, 2.24) is 0 Å². The predicted octanol–water partition coefficient (Wildman–Crippen LogP) is 4.48. The molecule has 1 amide bonds. The summed E-state index contributed by atoms with van der Waals surface area (Å²) in [6.07, 6.45) is 0. The maximum Gasteiger partial charge on any atom is 0.226 e. The quantitative estimate of drug-likeness (QED) is 0.851. The minimum Gasteiger partial charge on any atom is -0.497 e. The van der Waals surface area contributed by atoms with Gasteiger partial charge in [0.05, 0.1) is 25.1 Å². The van der Waals surface area contributed by atoms with Gasteiger partial charge in [0.25, 0.3) is 0 Å². The summed E-state index contributed by atoms with van der Waals surface area (Å²) in [5.41, 5.74) is 3.82. The molecule has 2 atom stereocenters. The average molecular weight is 363 g/mol. The summed E-state index contributed by atoms with van der Waals surface area (Å²) in [6, 6.07) is 16.1. The third-order valence-corrected chi connectivity index (χ3v) is 5.03. The minimum atomic E-state index is -0.276. The number of nitrogens with one attached hydrogen (secondary N) is 1. The van der Waals surface area contributed by atoms with Crippen molar-refractivity contribution in [3.05, 3.63) is 53.6 Å². The number of ether oxygens (including phenoxy) is 1. The number of benzene rings is 2. The van der Waals surface area contributed by atoms with E-state index in [1.54, 1.807) is 7.11 Å². The van der Waals surface area contributed by atoms with Gasteiger partial charge in [0.1, 0.15) is 5.75 Å². The Hall–Kier alpha value is -3.00. The maximum atomic E-state index is 12.0. The van der Waals surface area contributed by atoms with Crippen LogP contribution in [0.3, 0.4) is 0 Å². The van der Waals surface area contributed by atoms with Crippen molar-refractivity contribution in [3.8, 4) is 11.8 Å². The Morgan fingerprint density at radius 3 is 2.70 bits per heavy atom. The molecule has 2 aromatic carbocycles. The number of hydrogen-bond acceptors (Lipinski definition) is 4. The Morgan fingerprint density at radius 1 is 1.30 bits per heavy atom. The number of rotatable bonds is 5. The fourth-order valence-corrected chi connectivity index (χ4v) is 3.63. The van der Waals surface area contributed by atoms with Gasteiger partial charge in [-0.2, -0.15) is 5.26 Å². The molecule has 0 aromatic heterocycles. The fourth-order valence-electron chi connectivity index (χ4n) is 3.63. The molecule has 2 aromatic rings. The largest absolute Gasteiger partial charge is 0.497 e. The highest BCUT2D eigenvalue weighted by molar-refractivity contribution is 5.92. The standard InChI is InChI=1S/C22H25N3O2/c1-5-25-20-12-17(27-4)9-10-18(20)19(13-23)21(25)15-7-6-8-16(11-15)24-22(26)14(2)3/h6-12,14,19,21H,5H2,1-4H3,(H,24,26). The molecule has 1 N–H and O–H groups in total. The van der Waals surface area contributed by atoms with Crippen LogP contribution in [0.25, 0.3) is 0 Å². The molecule has 27 heavy (non-hydrogen) atoms. The van der Waals surface area contributed by atoms with Crippen molar-refractivity contribution >= 4 is 17.3 Å². The number of amides is 1. The van der Waals surface area contributed by atoms with Crippen molar-refractivity contribution in [1.29, 1.82) is 5.26 Å². The lowest BCUT2D eigenvalue weighted by Crippen LogP contribution is -2.26. The Morgan fingerprint density at radius 2 is 2.07 bits per heavy atom. The summed E-state index contributed by atoms with van der Waals surface area (Å²) < 4.78 is 5.37. The van der Waals surface area contributed by atoms with Crippen LogP contribution in [-0.4, -0.2) is 19.6 Å². The van der Waals surface area contributed by atoms with Gasteiger partial charge in [-0.1, -0.05) is 32.0 Å². The average Bonchev–Trinajstić information content (AvgIpc) is 3.00. The van der Waals surface area contributed by atoms with Crippen LogP contribution in [0.15, 0.2) is 42.5 Å². The number of likely N-dealkylation sites (N-methyl/N-ethyl adjacent to an activating group) is 1. The van der Waals surface area contributed by atoms with Gasteiger partial charge in [0.2, 0.25) is 5.91 Å². The third-order valence-electron chi connectivity index (χ3n) is 5.03. The lowest BCUT2D eigenvalue weighted by atomic mass is 9.91. The van der Waals surface area contributed by atoms with Crippen molar-refractivity contribution in [2.24, 2.45) is 5.92 Å². The van der Waals surface area contributed by atoms with Crippen LogP contribution in [0.1, 0.15) is 43.9 Å². The second-order valence-electron chi connectivity index (χ2n) is 7.03. The van der Waals surface area contributed by atoms with E-state index in [-0.39, 0.29) is 23.8 Å².